The second-order valence-electron chi connectivity index (χ2n) is 4.14. The number of ether oxygens (including phenoxy) is 1. The molecule has 0 aliphatic rings. The molecule has 0 amide bonds. The van der Waals surface area contributed by atoms with Crippen molar-refractivity contribution in [3.05, 3.63) is 64.1 Å². The van der Waals surface area contributed by atoms with E-state index in [1.807, 2.05) is 12.1 Å². The van der Waals surface area contributed by atoms with Crippen molar-refractivity contribution in [2.75, 3.05) is 0 Å². The van der Waals surface area contributed by atoms with Gasteiger partial charge in [0.2, 0.25) is 0 Å². The molecule has 0 saturated carbocycles. The third-order valence-corrected chi connectivity index (χ3v) is 3.03. The van der Waals surface area contributed by atoms with E-state index in [-0.39, 0.29) is 17.9 Å². The zero-order valence-electron chi connectivity index (χ0n) is 11.1. The Hall–Kier alpha value is -2.02. The molecule has 22 heavy (non-hydrogen) atoms. The second kappa shape index (κ2) is 7.31. The maximum Gasteiger partial charge on any atom is 0.573 e. The van der Waals surface area contributed by atoms with Crippen LogP contribution in [0.2, 0.25) is 0 Å². The summed E-state index contributed by atoms with van der Waals surface area (Å²) in [5.41, 5.74) is 0.921. The van der Waals surface area contributed by atoms with Crippen LogP contribution in [0.4, 0.5) is 13.2 Å². The summed E-state index contributed by atoms with van der Waals surface area (Å²) in [5.74, 6) is -0.311. The highest BCUT2D eigenvalue weighted by atomic mass is 79.9. The third-order valence-electron chi connectivity index (χ3n) is 2.50. The molecular formula is C15H10BrF3NO2. The zero-order valence-corrected chi connectivity index (χ0v) is 12.7. The van der Waals surface area contributed by atoms with Crippen molar-refractivity contribution < 1.29 is 22.7 Å². The average molecular weight is 373 g/mol. The molecule has 0 atom stereocenters. The Morgan fingerprint density at radius 1 is 1.05 bits per heavy atom. The molecule has 3 nitrogen and oxygen atoms in total. The van der Waals surface area contributed by atoms with Crippen molar-refractivity contribution in [3.63, 3.8) is 0 Å². The number of benzene rings is 2. The lowest BCUT2D eigenvalue weighted by molar-refractivity contribution is -0.275. The number of rotatable bonds is 5. The first-order chi connectivity index (χ1) is 10.4. The number of halogens is 4. The van der Waals surface area contributed by atoms with Crippen LogP contribution >= 0.6 is 15.9 Å². The van der Waals surface area contributed by atoms with Gasteiger partial charge < -0.3 is 9.57 Å². The SMILES string of the molecule is FC(F)(F)Oc1ccccc1CO/N=[C]\c1ccc(Br)cc1. The van der Waals surface area contributed by atoms with Crippen molar-refractivity contribution in [1.82, 2.24) is 0 Å². The second-order valence-corrected chi connectivity index (χ2v) is 5.05. The smallest absolute Gasteiger partial charge is 0.405 e. The van der Waals surface area contributed by atoms with Gasteiger partial charge in [-0.3, -0.25) is 0 Å². The first-order valence-corrected chi connectivity index (χ1v) is 6.90. The Morgan fingerprint density at radius 3 is 2.41 bits per heavy atom. The minimum atomic E-state index is -4.75. The lowest BCUT2D eigenvalue weighted by atomic mass is 10.2. The molecule has 0 N–H and O–H groups in total. The van der Waals surface area contributed by atoms with Crippen molar-refractivity contribution >= 4 is 22.1 Å². The Bertz CT molecular complexity index is 642. The Balaban J connectivity index is 1.95. The largest absolute Gasteiger partial charge is 0.573 e. The molecule has 0 heterocycles. The fourth-order valence-electron chi connectivity index (χ4n) is 1.56. The Labute approximate surface area is 133 Å². The lowest BCUT2D eigenvalue weighted by Gasteiger charge is -2.12. The molecule has 7 heteroatoms. The minimum Gasteiger partial charge on any atom is -0.405 e. The van der Waals surface area contributed by atoms with Gasteiger partial charge in [0.1, 0.15) is 18.6 Å². The fraction of sp³-hybridized carbons (Fsp3) is 0.133. The maximum atomic E-state index is 12.3. The first-order valence-electron chi connectivity index (χ1n) is 6.11. The van der Waals surface area contributed by atoms with E-state index in [1.165, 1.54) is 18.2 Å². The summed E-state index contributed by atoms with van der Waals surface area (Å²) in [6.45, 7) is -0.157. The molecule has 2 aromatic rings. The molecule has 1 radical (unpaired) electrons. The monoisotopic (exact) mass is 372 g/mol. The normalized spacial score (nSPS) is 11.6. The predicted molar refractivity (Wildman–Crippen MR) is 78.6 cm³/mol. The molecule has 0 aliphatic carbocycles. The van der Waals surface area contributed by atoms with Gasteiger partial charge in [-0.25, -0.2) is 0 Å². The predicted octanol–water partition coefficient (Wildman–Crippen LogP) is 4.78. The summed E-state index contributed by atoms with van der Waals surface area (Å²) in [4.78, 5) is 4.96. The van der Waals surface area contributed by atoms with Crippen LogP contribution in [0, 0.1) is 0 Å². The van der Waals surface area contributed by atoms with Gasteiger partial charge in [0.05, 0.1) is 0 Å². The van der Waals surface area contributed by atoms with E-state index in [1.54, 1.807) is 18.2 Å². The quantitative estimate of drug-likeness (QED) is 0.558. The van der Waals surface area contributed by atoms with Crippen molar-refractivity contribution in [1.29, 1.82) is 0 Å². The highest BCUT2D eigenvalue weighted by Gasteiger charge is 2.32. The van der Waals surface area contributed by atoms with Crippen LogP contribution in [0.25, 0.3) is 0 Å². The van der Waals surface area contributed by atoms with Gasteiger partial charge in [0.15, 0.2) is 0 Å². The topological polar surface area (TPSA) is 30.8 Å². The van der Waals surface area contributed by atoms with Gasteiger partial charge in [-0.1, -0.05) is 51.4 Å². The average Bonchev–Trinajstić information content (AvgIpc) is 2.45. The molecule has 0 saturated heterocycles. The molecule has 2 aromatic carbocycles. The summed E-state index contributed by atoms with van der Waals surface area (Å²) in [6, 6.07) is 12.9. The number of hydrogen-bond acceptors (Lipinski definition) is 3. The van der Waals surface area contributed by atoms with E-state index < -0.39 is 6.36 Å². The summed E-state index contributed by atoms with van der Waals surface area (Å²) in [6.07, 6.45) is -2.12. The standard InChI is InChI=1S/C15H10BrF3NO2/c16-13-7-5-11(6-8-13)9-20-21-10-12-3-1-2-4-14(12)22-15(17,18)19/h1-8H,10H2. The van der Waals surface area contributed by atoms with Crippen LogP contribution in [-0.2, 0) is 11.4 Å². The molecular weight excluding hydrogens is 363 g/mol. The number of alkyl halides is 3. The summed E-state index contributed by atoms with van der Waals surface area (Å²) in [7, 11) is 0. The van der Waals surface area contributed by atoms with Crippen LogP contribution in [0.3, 0.4) is 0 Å². The van der Waals surface area contributed by atoms with Crippen LogP contribution < -0.4 is 4.74 Å². The van der Waals surface area contributed by atoms with E-state index in [0.717, 1.165) is 4.47 Å². The summed E-state index contributed by atoms with van der Waals surface area (Å²) >= 11 is 3.29. The molecule has 0 spiro atoms. The zero-order chi connectivity index (χ0) is 16.0. The molecule has 115 valence electrons. The van der Waals surface area contributed by atoms with Crippen LogP contribution in [0.15, 0.2) is 58.2 Å². The molecule has 0 fully saturated rings. The Morgan fingerprint density at radius 2 is 1.73 bits per heavy atom. The highest BCUT2D eigenvalue weighted by Crippen LogP contribution is 2.26. The molecule has 0 unspecified atom stereocenters. The first kappa shape index (κ1) is 16.4. The number of para-hydroxylation sites is 1. The van der Waals surface area contributed by atoms with E-state index >= 15 is 0 Å². The van der Waals surface area contributed by atoms with Crippen molar-refractivity contribution in [2.45, 2.75) is 13.0 Å². The lowest BCUT2D eigenvalue weighted by Crippen LogP contribution is -2.18. The molecule has 2 rings (SSSR count). The fourth-order valence-corrected chi connectivity index (χ4v) is 1.82. The van der Waals surface area contributed by atoms with Crippen molar-refractivity contribution in [2.24, 2.45) is 5.16 Å². The van der Waals surface area contributed by atoms with Gasteiger partial charge >= 0.3 is 6.36 Å². The van der Waals surface area contributed by atoms with Gasteiger partial charge in [-0.05, 0) is 18.2 Å². The van der Waals surface area contributed by atoms with E-state index in [0.29, 0.717) is 5.56 Å². The van der Waals surface area contributed by atoms with Gasteiger partial charge in [0.25, 0.3) is 0 Å². The van der Waals surface area contributed by atoms with E-state index in [2.05, 4.69) is 32.0 Å². The summed E-state index contributed by atoms with van der Waals surface area (Å²) < 4.78 is 41.6. The van der Waals surface area contributed by atoms with Crippen LogP contribution in [-0.4, -0.2) is 12.6 Å². The molecule has 0 aromatic heterocycles. The minimum absolute atomic E-state index is 0.157. The van der Waals surface area contributed by atoms with E-state index in [9.17, 15) is 13.2 Å². The number of hydrogen-bond donors (Lipinski definition) is 0. The van der Waals surface area contributed by atoms with Gasteiger partial charge in [-0.15, -0.1) is 13.2 Å². The van der Waals surface area contributed by atoms with Crippen LogP contribution in [0.1, 0.15) is 11.1 Å². The van der Waals surface area contributed by atoms with Crippen LogP contribution in [0.5, 0.6) is 5.75 Å². The van der Waals surface area contributed by atoms with Gasteiger partial charge in [-0.2, -0.15) is 0 Å². The highest BCUT2D eigenvalue weighted by molar-refractivity contribution is 9.10. The van der Waals surface area contributed by atoms with E-state index in [4.69, 9.17) is 4.84 Å². The maximum absolute atomic E-state index is 12.3. The Kier molecular flexibility index (Phi) is 5.43. The number of nitrogens with zero attached hydrogens (tertiary/aromatic N) is 1. The summed E-state index contributed by atoms with van der Waals surface area (Å²) in [5, 5.41) is 3.60. The third kappa shape index (κ3) is 5.40. The van der Waals surface area contributed by atoms with Gasteiger partial charge in [0, 0.05) is 15.6 Å². The molecule has 0 bridgehead atoms. The molecule has 0 aliphatic heterocycles. The van der Waals surface area contributed by atoms with Crippen molar-refractivity contribution in [3.8, 4) is 5.75 Å².